The van der Waals surface area contributed by atoms with Crippen molar-refractivity contribution in [3.63, 3.8) is 0 Å². The molecular formula is C16H22BrNO2. The maximum Gasteiger partial charge on any atom is 0.328 e. The molecule has 0 fully saturated rings. The fraction of sp³-hybridized carbons (Fsp3) is 0.438. The summed E-state index contributed by atoms with van der Waals surface area (Å²) in [5.74, 6) is -0.310. The summed E-state index contributed by atoms with van der Waals surface area (Å²) in [6, 6.07) is 6.33. The van der Waals surface area contributed by atoms with Gasteiger partial charge in [0.2, 0.25) is 0 Å². The van der Waals surface area contributed by atoms with E-state index in [1.165, 1.54) is 6.08 Å². The van der Waals surface area contributed by atoms with E-state index in [0.29, 0.717) is 12.0 Å². The molecule has 0 heterocycles. The molecule has 0 aliphatic rings. The molecule has 0 spiro atoms. The van der Waals surface area contributed by atoms with Gasteiger partial charge in [0, 0.05) is 29.3 Å². The number of carbonyl (C=O) groups is 1. The molecule has 0 amide bonds. The van der Waals surface area contributed by atoms with Crippen LogP contribution in [0, 0.1) is 5.92 Å². The molecule has 0 aliphatic carbocycles. The summed E-state index contributed by atoms with van der Waals surface area (Å²) in [6.07, 6.45) is 3.90. The van der Waals surface area contributed by atoms with Gasteiger partial charge in [0.25, 0.3) is 0 Å². The zero-order chi connectivity index (χ0) is 15.3. The van der Waals surface area contributed by atoms with Gasteiger partial charge in [0.1, 0.15) is 0 Å². The Bertz CT molecular complexity index is 497. The predicted molar refractivity (Wildman–Crippen MR) is 88.1 cm³/mol. The van der Waals surface area contributed by atoms with Crippen molar-refractivity contribution in [1.29, 1.82) is 0 Å². The summed E-state index contributed by atoms with van der Waals surface area (Å²) in [5.41, 5.74) is 1.94. The van der Waals surface area contributed by atoms with E-state index in [-0.39, 0.29) is 0 Å². The molecule has 0 radical (unpaired) electrons. The second-order valence-corrected chi connectivity index (χ2v) is 6.38. The molecule has 0 saturated carbocycles. The van der Waals surface area contributed by atoms with E-state index < -0.39 is 5.97 Å². The Balaban J connectivity index is 3.07. The number of hydrogen-bond donors (Lipinski definition) is 1. The van der Waals surface area contributed by atoms with Crippen LogP contribution >= 0.6 is 15.9 Å². The third-order valence-corrected chi connectivity index (χ3v) is 3.74. The Labute approximate surface area is 129 Å². The molecule has 4 heteroatoms. The Morgan fingerprint density at radius 3 is 2.60 bits per heavy atom. The van der Waals surface area contributed by atoms with Gasteiger partial charge in [-0.15, -0.1) is 0 Å². The molecule has 0 aromatic heterocycles. The van der Waals surface area contributed by atoms with Crippen molar-refractivity contribution in [2.75, 3.05) is 11.9 Å². The van der Waals surface area contributed by atoms with E-state index in [1.807, 2.05) is 25.2 Å². The van der Waals surface area contributed by atoms with Crippen LogP contribution < -0.4 is 4.90 Å². The van der Waals surface area contributed by atoms with Gasteiger partial charge in [-0.2, -0.15) is 0 Å². The second-order valence-electron chi connectivity index (χ2n) is 5.46. The highest BCUT2D eigenvalue weighted by Crippen LogP contribution is 2.27. The molecule has 1 atom stereocenters. The Morgan fingerprint density at radius 1 is 1.40 bits per heavy atom. The first-order valence-electron chi connectivity index (χ1n) is 6.74. The predicted octanol–water partition coefficient (Wildman–Crippen LogP) is 4.42. The molecular weight excluding hydrogens is 318 g/mol. The molecule has 0 bridgehead atoms. The summed E-state index contributed by atoms with van der Waals surface area (Å²) >= 11 is 3.43. The lowest BCUT2D eigenvalue weighted by molar-refractivity contribution is -0.131. The summed E-state index contributed by atoms with van der Waals surface area (Å²) in [7, 11) is 2.05. The fourth-order valence-electron chi connectivity index (χ4n) is 2.22. The van der Waals surface area contributed by atoms with Crippen molar-refractivity contribution >= 4 is 33.7 Å². The largest absolute Gasteiger partial charge is 0.478 e. The summed E-state index contributed by atoms with van der Waals surface area (Å²) in [4.78, 5) is 12.9. The lowest BCUT2D eigenvalue weighted by Gasteiger charge is -2.29. The first-order valence-corrected chi connectivity index (χ1v) is 7.54. The van der Waals surface area contributed by atoms with Crippen molar-refractivity contribution in [1.82, 2.24) is 0 Å². The highest BCUT2D eigenvalue weighted by atomic mass is 79.9. The fourth-order valence-corrected chi connectivity index (χ4v) is 2.60. The molecule has 1 unspecified atom stereocenters. The van der Waals surface area contributed by atoms with Gasteiger partial charge >= 0.3 is 5.97 Å². The number of halogens is 1. The van der Waals surface area contributed by atoms with Crippen LogP contribution in [0.4, 0.5) is 5.69 Å². The van der Waals surface area contributed by atoms with Crippen molar-refractivity contribution in [2.45, 2.75) is 33.2 Å². The minimum absolute atomic E-state index is 0.396. The third kappa shape index (κ3) is 5.00. The van der Waals surface area contributed by atoms with E-state index >= 15 is 0 Å². The topological polar surface area (TPSA) is 40.5 Å². The van der Waals surface area contributed by atoms with Crippen molar-refractivity contribution in [2.24, 2.45) is 5.92 Å². The van der Waals surface area contributed by atoms with Crippen LogP contribution in [0.15, 0.2) is 28.7 Å². The second kappa shape index (κ2) is 7.48. The van der Waals surface area contributed by atoms with Gasteiger partial charge in [-0.1, -0.05) is 29.8 Å². The number of aliphatic carboxylic acids is 1. The lowest BCUT2D eigenvalue weighted by atomic mass is 10.0. The molecule has 1 rings (SSSR count). The number of hydrogen-bond acceptors (Lipinski definition) is 2. The SMILES string of the molecule is CC(C)CC(C)N(C)c1ccc(Br)cc1/C=C/C(=O)O. The highest BCUT2D eigenvalue weighted by molar-refractivity contribution is 9.10. The maximum absolute atomic E-state index is 10.7. The normalized spacial score (nSPS) is 12.9. The summed E-state index contributed by atoms with van der Waals surface area (Å²) in [6.45, 7) is 6.60. The Kier molecular flexibility index (Phi) is 6.27. The zero-order valence-electron chi connectivity index (χ0n) is 12.4. The highest BCUT2D eigenvalue weighted by Gasteiger charge is 2.14. The number of rotatable bonds is 6. The van der Waals surface area contributed by atoms with E-state index in [0.717, 1.165) is 22.1 Å². The summed E-state index contributed by atoms with van der Waals surface area (Å²) in [5, 5.41) is 8.79. The number of carboxylic acids is 1. The quantitative estimate of drug-likeness (QED) is 0.780. The van der Waals surface area contributed by atoms with Crippen molar-refractivity contribution < 1.29 is 9.90 Å². The average molecular weight is 340 g/mol. The van der Waals surface area contributed by atoms with Crippen LogP contribution in [0.25, 0.3) is 6.08 Å². The maximum atomic E-state index is 10.7. The molecule has 3 nitrogen and oxygen atoms in total. The van der Waals surface area contributed by atoms with Crippen LogP contribution in [0.2, 0.25) is 0 Å². The van der Waals surface area contributed by atoms with Crippen LogP contribution in [0.5, 0.6) is 0 Å². The first-order chi connectivity index (χ1) is 9.31. The van der Waals surface area contributed by atoms with E-state index in [1.54, 1.807) is 6.08 Å². The molecule has 1 N–H and O–H groups in total. The van der Waals surface area contributed by atoms with Gasteiger partial charge in [-0.05, 0) is 49.1 Å². The molecule has 20 heavy (non-hydrogen) atoms. The lowest BCUT2D eigenvalue weighted by Crippen LogP contribution is -2.30. The minimum atomic E-state index is -0.936. The molecule has 1 aromatic carbocycles. The van der Waals surface area contributed by atoms with Crippen LogP contribution in [0.3, 0.4) is 0 Å². The Hall–Kier alpha value is -1.29. The molecule has 110 valence electrons. The average Bonchev–Trinajstić information content (AvgIpc) is 2.34. The molecule has 0 aliphatic heterocycles. The van der Waals surface area contributed by atoms with Crippen LogP contribution in [-0.2, 0) is 4.79 Å². The molecule has 1 aromatic rings. The van der Waals surface area contributed by atoms with E-state index in [9.17, 15) is 4.79 Å². The van der Waals surface area contributed by atoms with Crippen molar-refractivity contribution in [3.05, 3.63) is 34.3 Å². The minimum Gasteiger partial charge on any atom is -0.478 e. The van der Waals surface area contributed by atoms with Gasteiger partial charge < -0.3 is 10.0 Å². The molecule has 0 saturated heterocycles. The smallest absolute Gasteiger partial charge is 0.328 e. The Morgan fingerprint density at radius 2 is 2.05 bits per heavy atom. The van der Waals surface area contributed by atoms with Gasteiger partial charge in [-0.3, -0.25) is 0 Å². The van der Waals surface area contributed by atoms with Crippen LogP contribution in [-0.4, -0.2) is 24.2 Å². The number of benzene rings is 1. The zero-order valence-corrected chi connectivity index (χ0v) is 14.0. The number of nitrogens with zero attached hydrogens (tertiary/aromatic N) is 1. The number of anilines is 1. The standard InChI is InChI=1S/C16H22BrNO2/c1-11(2)9-12(3)18(4)15-7-6-14(17)10-13(15)5-8-16(19)20/h5-8,10-12H,9H2,1-4H3,(H,19,20)/b8-5+. The first kappa shape index (κ1) is 16.8. The van der Waals surface area contributed by atoms with E-state index in [4.69, 9.17) is 5.11 Å². The monoisotopic (exact) mass is 339 g/mol. The van der Waals surface area contributed by atoms with Gasteiger partial charge in [-0.25, -0.2) is 4.79 Å². The number of carboxylic acid groups (broad SMARTS) is 1. The summed E-state index contributed by atoms with van der Waals surface area (Å²) < 4.78 is 0.941. The van der Waals surface area contributed by atoms with Crippen LogP contribution in [0.1, 0.15) is 32.8 Å². The van der Waals surface area contributed by atoms with Crippen molar-refractivity contribution in [3.8, 4) is 0 Å². The van der Waals surface area contributed by atoms with Gasteiger partial charge in [0.05, 0.1) is 0 Å². The third-order valence-electron chi connectivity index (χ3n) is 3.25. The van der Waals surface area contributed by atoms with E-state index in [2.05, 4.69) is 41.6 Å². The van der Waals surface area contributed by atoms with Gasteiger partial charge in [0.15, 0.2) is 0 Å².